The number of ether oxygens (including phenoxy) is 1. The van der Waals surface area contributed by atoms with Gasteiger partial charge in [0.05, 0.1) is 0 Å². The lowest BCUT2D eigenvalue weighted by atomic mass is 10.3. The third-order valence-corrected chi connectivity index (χ3v) is 3.93. The van der Waals surface area contributed by atoms with E-state index in [-0.39, 0.29) is 0 Å². The highest BCUT2D eigenvalue weighted by Crippen LogP contribution is 2.04. The van der Waals surface area contributed by atoms with Crippen LogP contribution in [-0.2, 0) is 4.74 Å². The molecule has 0 aromatic carbocycles. The molecular weight excluding hydrogens is 219 g/mol. The van der Waals surface area contributed by atoms with Gasteiger partial charge in [0, 0.05) is 45.9 Å². The zero-order valence-electron chi connectivity index (χ0n) is 10.9. The summed E-state index contributed by atoms with van der Waals surface area (Å²) in [5.74, 6) is 0. The first-order chi connectivity index (χ1) is 7.83. The van der Waals surface area contributed by atoms with Crippen LogP contribution in [0.2, 0.25) is 0 Å². The molecule has 16 heavy (non-hydrogen) atoms. The van der Waals surface area contributed by atoms with E-state index < -0.39 is 0 Å². The van der Waals surface area contributed by atoms with Crippen molar-refractivity contribution >= 4 is 8.58 Å². The number of hydrogen-bond donors (Lipinski definition) is 0. The molecule has 1 heterocycles. The summed E-state index contributed by atoms with van der Waals surface area (Å²) in [4.78, 5) is 4.95. The van der Waals surface area contributed by atoms with E-state index in [1.807, 2.05) is 0 Å². The molecule has 1 aliphatic rings. The summed E-state index contributed by atoms with van der Waals surface area (Å²) in [5.41, 5.74) is 0. The van der Waals surface area contributed by atoms with Gasteiger partial charge < -0.3 is 14.5 Å². The molecule has 0 aromatic rings. The summed E-state index contributed by atoms with van der Waals surface area (Å²) in [6, 6.07) is 0. The first kappa shape index (κ1) is 14.4. The molecule has 0 amide bonds. The average molecular weight is 246 g/mol. The van der Waals surface area contributed by atoms with Gasteiger partial charge in [0.15, 0.2) is 0 Å². The van der Waals surface area contributed by atoms with Crippen LogP contribution in [0.4, 0.5) is 0 Å². The molecule has 3 nitrogen and oxygen atoms in total. The molecule has 0 bridgehead atoms. The van der Waals surface area contributed by atoms with Crippen LogP contribution in [0.5, 0.6) is 0 Å². The minimum Gasteiger partial charge on any atom is -0.381 e. The van der Waals surface area contributed by atoms with Crippen molar-refractivity contribution in [3.8, 4) is 0 Å². The smallest absolute Gasteiger partial charge is 0.0478 e. The molecule has 1 rings (SSSR count). The lowest BCUT2D eigenvalue weighted by Gasteiger charge is -2.32. The van der Waals surface area contributed by atoms with Crippen molar-refractivity contribution in [2.24, 2.45) is 0 Å². The van der Waals surface area contributed by atoms with Crippen molar-refractivity contribution in [1.82, 2.24) is 9.80 Å². The molecule has 1 atom stereocenters. The van der Waals surface area contributed by atoms with Gasteiger partial charge in [-0.15, -0.1) is 8.58 Å². The number of rotatable bonds is 8. The summed E-state index contributed by atoms with van der Waals surface area (Å²) in [6.07, 6.45) is 3.76. The third kappa shape index (κ3) is 6.80. The molecule has 0 aromatic heterocycles. The van der Waals surface area contributed by atoms with E-state index >= 15 is 0 Å². The van der Waals surface area contributed by atoms with Crippen LogP contribution in [-0.4, -0.2) is 75.6 Å². The molecule has 0 spiro atoms. The second kappa shape index (κ2) is 9.35. The first-order valence-corrected chi connectivity index (χ1v) is 8.17. The van der Waals surface area contributed by atoms with E-state index in [1.54, 1.807) is 0 Å². The van der Waals surface area contributed by atoms with Crippen molar-refractivity contribution < 1.29 is 4.74 Å². The summed E-state index contributed by atoms with van der Waals surface area (Å²) < 4.78 is 5.62. The monoisotopic (exact) mass is 246 g/mol. The zero-order valence-corrected chi connectivity index (χ0v) is 11.9. The number of likely N-dealkylation sites (N-methyl/N-ethyl adjacent to an activating group) is 1. The minimum atomic E-state index is 0.944. The Morgan fingerprint density at radius 3 is 2.44 bits per heavy atom. The Morgan fingerprint density at radius 2 is 1.75 bits per heavy atom. The van der Waals surface area contributed by atoms with Gasteiger partial charge in [-0.2, -0.15) is 0 Å². The van der Waals surface area contributed by atoms with E-state index in [4.69, 9.17) is 4.74 Å². The van der Waals surface area contributed by atoms with Crippen LogP contribution in [0.3, 0.4) is 0 Å². The summed E-state index contributed by atoms with van der Waals surface area (Å²) in [5, 5.41) is 0. The Bertz CT molecular complexity index is 161. The topological polar surface area (TPSA) is 15.7 Å². The van der Waals surface area contributed by atoms with Gasteiger partial charge in [-0.25, -0.2) is 0 Å². The SMILES string of the molecule is CPCCCOCCCN1CCN(C)CC1. The highest BCUT2D eigenvalue weighted by molar-refractivity contribution is 7.36. The van der Waals surface area contributed by atoms with Crippen molar-refractivity contribution in [2.45, 2.75) is 12.8 Å². The van der Waals surface area contributed by atoms with Crippen LogP contribution in [0, 0.1) is 0 Å². The molecular formula is C12H27N2OP. The van der Waals surface area contributed by atoms with Crippen molar-refractivity contribution in [2.75, 3.05) is 65.8 Å². The van der Waals surface area contributed by atoms with Crippen LogP contribution in [0.15, 0.2) is 0 Å². The number of piperazine rings is 1. The average Bonchev–Trinajstić information content (AvgIpc) is 2.30. The van der Waals surface area contributed by atoms with E-state index in [1.165, 1.54) is 51.7 Å². The molecule has 96 valence electrons. The number of nitrogens with zero attached hydrogens (tertiary/aromatic N) is 2. The Kier molecular flexibility index (Phi) is 8.40. The van der Waals surface area contributed by atoms with Gasteiger partial charge in [0.2, 0.25) is 0 Å². The molecule has 0 saturated carbocycles. The van der Waals surface area contributed by atoms with Crippen LogP contribution < -0.4 is 0 Å². The Labute approximate surface area is 102 Å². The van der Waals surface area contributed by atoms with Gasteiger partial charge in [0.1, 0.15) is 0 Å². The van der Waals surface area contributed by atoms with Crippen LogP contribution in [0.1, 0.15) is 12.8 Å². The maximum absolute atomic E-state index is 5.62. The molecule has 0 aliphatic carbocycles. The maximum atomic E-state index is 5.62. The van der Waals surface area contributed by atoms with Crippen molar-refractivity contribution in [3.05, 3.63) is 0 Å². The Hall–Kier alpha value is 0.310. The molecule has 0 N–H and O–H groups in total. The fourth-order valence-electron chi connectivity index (χ4n) is 1.91. The molecule has 1 saturated heterocycles. The number of hydrogen-bond acceptors (Lipinski definition) is 3. The van der Waals surface area contributed by atoms with Gasteiger partial charge in [-0.3, -0.25) is 0 Å². The summed E-state index contributed by atoms with van der Waals surface area (Å²) in [6.45, 7) is 10.3. The van der Waals surface area contributed by atoms with Gasteiger partial charge >= 0.3 is 0 Å². The third-order valence-electron chi connectivity index (χ3n) is 3.07. The van der Waals surface area contributed by atoms with Crippen molar-refractivity contribution in [3.63, 3.8) is 0 Å². The lowest BCUT2D eigenvalue weighted by Crippen LogP contribution is -2.44. The van der Waals surface area contributed by atoms with E-state index in [2.05, 4.69) is 23.5 Å². The molecule has 1 unspecified atom stereocenters. The van der Waals surface area contributed by atoms with Gasteiger partial charge in [0.25, 0.3) is 0 Å². The second-order valence-electron chi connectivity index (χ2n) is 4.57. The van der Waals surface area contributed by atoms with Crippen LogP contribution in [0.25, 0.3) is 0 Å². The largest absolute Gasteiger partial charge is 0.381 e. The molecule has 0 radical (unpaired) electrons. The highest BCUT2D eigenvalue weighted by Gasteiger charge is 2.12. The summed E-state index contributed by atoms with van der Waals surface area (Å²) >= 11 is 0. The fourth-order valence-corrected chi connectivity index (χ4v) is 2.41. The lowest BCUT2D eigenvalue weighted by molar-refractivity contribution is 0.106. The molecule has 4 heteroatoms. The fraction of sp³-hybridized carbons (Fsp3) is 1.00. The Balaban J connectivity index is 1.84. The van der Waals surface area contributed by atoms with Crippen molar-refractivity contribution in [1.29, 1.82) is 0 Å². The van der Waals surface area contributed by atoms with E-state index in [0.717, 1.165) is 21.8 Å². The summed E-state index contributed by atoms with van der Waals surface area (Å²) in [7, 11) is 3.28. The maximum Gasteiger partial charge on any atom is 0.0478 e. The molecule has 1 aliphatic heterocycles. The van der Waals surface area contributed by atoms with E-state index in [9.17, 15) is 0 Å². The first-order valence-electron chi connectivity index (χ1n) is 6.46. The van der Waals surface area contributed by atoms with Gasteiger partial charge in [-0.1, -0.05) is 0 Å². The standard InChI is InChI=1S/C12H27N2OP/c1-13-6-8-14(9-7-13)5-3-10-15-11-4-12-16-2/h16H,3-12H2,1-2H3. The zero-order chi connectivity index (χ0) is 11.6. The van der Waals surface area contributed by atoms with E-state index in [0.29, 0.717) is 0 Å². The quantitative estimate of drug-likeness (QED) is 0.475. The highest BCUT2D eigenvalue weighted by atomic mass is 31.1. The van der Waals surface area contributed by atoms with Crippen LogP contribution >= 0.6 is 8.58 Å². The minimum absolute atomic E-state index is 0.944. The predicted molar refractivity (Wildman–Crippen MR) is 73.1 cm³/mol. The second-order valence-corrected chi connectivity index (χ2v) is 5.78. The predicted octanol–water partition coefficient (Wildman–Crippen LogP) is 1.34. The Morgan fingerprint density at radius 1 is 1.06 bits per heavy atom. The molecule has 1 fully saturated rings. The van der Waals surface area contributed by atoms with Gasteiger partial charge in [-0.05, 0) is 32.7 Å². The normalized spacial score (nSPS) is 19.9.